The Morgan fingerprint density at radius 2 is 2.04 bits per heavy atom. The number of pyridine rings is 1. The van der Waals surface area contributed by atoms with Crippen molar-refractivity contribution in [3.05, 3.63) is 65.5 Å². The molecule has 1 aromatic carbocycles. The lowest BCUT2D eigenvalue weighted by Crippen LogP contribution is -2.40. The first kappa shape index (κ1) is 17.8. The van der Waals surface area contributed by atoms with E-state index in [1.807, 2.05) is 37.1 Å². The van der Waals surface area contributed by atoms with Gasteiger partial charge in [-0.15, -0.1) is 0 Å². The predicted molar refractivity (Wildman–Crippen MR) is 95.5 cm³/mol. The lowest BCUT2D eigenvalue weighted by molar-refractivity contribution is -0.142. The summed E-state index contributed by atoms with van der Waals surface area (Å²) in [6.45, 7) is 2.38. The lowest BCUT2D eigenvalue weighted by Gasteiger charge is -2.26. The number of rotatable bonds is 5. The van der Waals surface area contributed by atoms with E-state index in [9.17, 15) is 9.59 Å². The first-order chi connectivity index (χ1) is 12.5. The van der Waals surface area contributed by atoms with E-state index in [1.54, 1.807) is 30.6 Å². The van der Waals surface area contributed by atoms with Crippen LogP contribution in [0.3, 0.4) is 0 Å². The second-order valence-corrected chi connectivity index (χ2v) is 6.51. The molecule has 1 aliphatic heterocycles. The molecule has 2 amide bonds. The van der Waals surface area contributed by atoms with Gasteiger partial charge in [-0.2, -0.15) is 5.26 Å². The van der Waals surface area contributed by atoms with Crippen molar-refractivity contribution in [2.45, 2.75) is 32.0 Å². The van der Waals surface area contributed by atoms with Crippen LogP contribution in [0.4, 0.5) is 0 Å². The maximum absolute atomic E-state index is 12.9. The van der Waals surface area contributed by atoms with Gasteiger partial charge in [0.1, 0.15) is 0 Å². The zero-order chi connectivity index (χ0) is 18.7. The number of amides is 2. The topological polar surface area (TPSA) is 77.3 Å². The number of aromatic nitrogens is 1. The Kier molecular flexibility index (Phi) is 5.10. The molecule has 6 nitrogen and oxygen atoms in total. The van der Waals surface area contributed by atoms with Gasteiger partial charge < -0.3 is 0 Å². The van der Waals surface area contributed by atoms with E-state index in [4.69, 9.17) is 5.26 Å². The standard InChI is InChI=1S/C20H20N4O2/c1-14(17-4-3-9-22-12-17)24-19(25)10-18(20(24)26)23(2)13-16-7-5-15(11-21)6-8-16/h3-9,12,14,18H,10,13H2,1-2H3. The number of imide groups is 1. The zero-order valence-corrected chi connectivity index (χ0v) is 14.8. The van der Waals surface area contributed by atoms with Crippen molar-refractivity contribution in [3.8, 4) is 6.07 Å². The van der Waals surface area contributed by atoms with Crippen molar-refractivity contribution < 1.29 is 9.59 Å². The van der Waals surface area contributed by atoms with Gasteiger partial charge in [-0.05, 0) is 43.3 Å². The van der Waals surface area contributed by atoms with Gasteiger partial charge >= 0.3 is 0 Å². The number of nitriles is 1. The molecule has 0 radical (unpaired) electrons. The molecule has 26 heavy (non-hydrogen) atoms. The fourth-order valence-corrected chi connectivity index (χ4v) is 3.24. The Bertz CT molecular complexity index is 842. The van der Waals surface area contributed by atoms with E-state index in [-0.39, 0.29) is 24.3 Å². The molecule has 2 heterocycles. The maximum Gasteiger partial charge on any atom is 0.247 e. The molecule has 0 N–H and O–H groups in total. The van der Waals surface area contributed by atoms with E-state index in [2.05, 4.69) is 11.1 Å². The van der Waals surface area contributed by atoms with Crippen molar-refractivity contribution in [2.24, 2.45) is 0 Å². The van der Waals surface area contributed by atoms with Crippen molar-refractivity contribution in [1.82, 2.24) is 14.8 Å². The average Bonchev–Trinajstić information content (AvgIpc) is 2.97. The summed E-state index contributed by atoms with van der Waals surface area (Å²) in [6.07, 6.45) is 3.52. The van der Waals surface area contributed by atoms with Crippen LogP contribution in [0.2, 0.25) is 0 Å². The molecule has 6 heteroatoms. The molecular weight excluding hydrogens is 328 g/mol. The predicted octanol–water partition coefficient (Wildman–Crippen LogP) is 2.27. The largest absolute Gasteiger partial charge is 0.290 e. The van der Waals surface area contributed by atoms with Crippen LogP contribution in [-0.2, 0) is 16.1 Å². The zero-order valence-electron chi connectivity index (χ0n) is 14.8. The highest BCUT2D eigenvalue weighted by Gasteiger charge is 2.43. The summed E-state index contributed by atoms with van der Waals surface area (Å²) in [5.41, 5.74) is 2.43. The van der Waals surface area contributed by atoms with E-state index in [0.717, 1.165) is 11.1 Å². The van der Waals surface area contributed by atoms with Gasteiger partial charge in [-0.3, -0.25) is 24.4 Å². The van der Waals surface area contributed by atoms with Crippen molar-refractivity contribution >= 4 is 11.8 Å². The van der Waals surface area contributed by atoms with Crippen molar-refractivity contribution in [2.75, 3.05) is 7.05 Å². The van der Waals surface area contributed by atoms with Gasteiger partial charge in [0.25, 0.3) is 0 Å². The minimum atomic E-state index is -0.475. The molecule has 0 bridgehead atoms. The van der Waals surface area contributed by atoms with Gasteiger partial charge in [-0.1, -0.05) is 18.2 Å². The summed E-state index contributed by atoms with van der Waals surface area (Å²) in [6, 6.07) is 12.2. The fraction of sp³-hybridized carbons (Fsp3) is 0.300. The monoisotopic (exact) mass is 348 g/mol. The fourth-order valence-electron chi connectivity index (χ4n) is 3.24. The third-order valence-corrected chi connectivity index (χ3v) is 4.76. The smallest absolute Gasteiger partial charge is 0.247 e. The minimum absolute atomic E-state index is 0.164. The quantitative estimate of drug-likeness (QED) is 0.775. The molecule has 2 aromatic rings. The molecule has 0 saturated carbocycles. The van der Waals surface area contributed by atoms with Crippen molar-refractivity contribution in [1.29, 1.82) is 5.26 Å². The summed E-state index contributed by atoms with van der Waals surface area (Å²) in [7, 11) is 1.84. The van der Waals surface area contributed by atoms with E-state index in [1.165, 1.54) is 4.90 Å². The molecule has 1 aromatic heterocycles. The highest BCUT2D eigenvalue weighted by Crippen LogP contribution is 2.28. The Balaban J connectivity index is 1.72. The SMILES string of the molecule is CC(c1cccnc1)N1C(=O)CC(N(C)Cc2ccc(C#N)cc2)C1=O. The number of hydrogen-bond acceptors (Lipinski definition) is 5. The van der Waals surface area contributed by atoms with Gasteiger partial charge in [0.05, 0.1) is 30.1 Å². The second kappa shape index (κ2) is 7.46. The summed E-state index contributed by atoms with van der Waals surface area (Å²) in [4.78, 5) is 32.6. The van der Waals surface area contributed by atoms with Crippen LogP contribution in [0.5, 0.6) is 0 Å². The van der Waals surface area contributed by atoms with Gasteiger partial charge in [-0.25, -0.2) is 0 Å². The van der Waals surface area contributed by atoms with Crippen LogP contribution >= 0.6 is 0 Å². The lowest BCUT2D eigenvalue weighted by atomic mass is 10.1. The summed E-state index contributed by atoms with van der Waals surface area (Å²) >= 11 is 0. The normalized spacial score (nSPS) is 18.2. The summed E-state index contributed by atoms with van der Waals surface area (Å²) < 4.78 is 0. The number of hydrogen-bond donors (Lipinski definition) is 0. The molecule has 1 fully saturated rings. The molecule has 2 atom stereocenters. The summed E-state index contributed by atoms with van der Waals surface area (Å²) in [5.74, 6) is -0.342. The number of likely N-dealkylation sites (tertiary alicyclic amines) is 1. The van der Waals surface area contributed by atoms with E-state index < -0.39 is 6.04 Å². The van der Waals surface area contributed by atoms with Crippen LogP contribution in [0.25, 0.3) is 0 Å². The van der Waals surface area contributed by atoms with Crippen molar-refractivity contribution in [3.63, 3.8) is 0 Å². The first-order valence-electron chi connectivity index (χ1n) is 8.46. The molecular formula is C20H20N4O2. The number of benzene rings is 1. The van der Waals surface area contributed by atoms with Crippen LogP contribution in [0, 0.1) is 11.3 Å². The number of nitrogens with zero attached hydrogens (tertiary/aromatic N) is 4. The summed E-state index contributed by atoms with van der Waals surface area (Å²) in [5, 5.41) is 8.87. The van der Waals surface area contributed by atoms with Crippen LogP contribution in [0.15, 0.2) is 48.8 Å². The van der Waals surface area contributed by atoms with Gasteiger partial charge in [0.2, 0.25) is 11.8 Å². The highest BCUT2D eigenvalue weighted by molar-refractivity contribution is 6.05. The molecule has 0 spiro atoms. The number of carbonyl (C=O) groups excluding carboxylic acids is 2. The first-order valence-corrected chi connectivity index (χ1v) is 8.46. The number of carbonyl (C=O) groups is 2. The molecule has 132 valence electrons. The molecule has 0 aliphatic carbocycles. The van der Waals surface area contributed by atoms with E-state index in [0.29, 0.717) is 12.1 Å². The van der Waals surface area contributed by atoms with Crippen LogP contribution < -0.4 is 0 Å². The van der Waals surface area contributed by atoms with Crippen LogP contribution in [0.1, 0.15) is 36.1 Å². The average molecular weight is 348 g/mol. The molecule has 2 unspecified atom stereocenters. The third-order valence-electron chi connectivity index (χ3n) is 4.76. The van der Waals surface area contributed by atoms with Gasteiger partial charge in [0, 0.05) is 18.9 Å². The van der Waals surface area contributed by atoms with E-state index >= 15 is 0 Å². The Labute approximate surface area is 152 Å². The number of likely N-dealkylation sites (N-methyl/N-ethyl adjacent to an activating group) is 1. The second-order valence-electron chi connectivity index (χ2n) is 6.51. The minimum Gasteiger partial charge on any atom is -0.290 e. The Hall–Kier alpha value is -3.04. The maximum atomic E-state index is 12.9. The highest BCUT2D eigenvalue weighted by atomic mass is 16.2. The third kappa shape index (κ3) is 3.48. The molecule has 1 saturated heterocycles. The van der Waals surface area contributed by atoms with Crippen LogP contribution in [-0.4, -0.2) is 39.7 Å². The Morgan fingerprint density at radius 3 is 2.65 bits per heavy atom. The Morgan fingerprint density at radius 1 is 1.31 bits per heavy atom. The molecule has 1 aliphatic rings. The molecule has 3 rings (SSSR count). The van der Waals surface area contributed by atoms with Gasteiger partial charge in [0.15, 0.2) is 0 Å².